The normalized spacial score (nSPS) is 14.9. The molecule has 1 fully saturated rings. The van der Waals surface area contributed by atoms with Crippen LogP contribution < -0.4 is 5.32 Å². The van der Waals surface area contributed by atoms with Gasteiger partial charge in [-0.3, -0.25) is 19.7 Å². The number of rotatable bonds is 4. The van der Waals surface area contributed by atoms with Crippen molar-refractivity contribution in [3.05, 3.63) is 56.3 Å². The number of nitro groups is 1. The van der Waals surface area contributed by atoms with Crippen LogP contribution in [0.2, 0.25) is 0 Å². The van der Waals surface area contributed by atoms with E-state index in [0.717, 1.165) is 0 Å². The number of anilines is 1. The van der Waals surface area contributed by atoms with Gasteiger partial charge in [-0.15, -0.1) is 11.3 Å². The lowest BCUT2D eigenvalue weighted by atomic mass is 9.95. The van der Waals surface area contributed by atoms with E-state index in [0.29, 0.717) is 42.1 Å². The Hall–Kier alpha value is -2.74. The third-order valence-electron chi connectivity index (χ3n) is 4.56. The second kappa shape index (κ2) is 7.65. The highest BCUT2D eigenvalue weighted by Gasteiger charge is 2.28. The molecule has 1 aliphatic heterocycles. The molecule has 2 aromatic rings. The number of aryl methyl sites for hydroxylation is 1. The van der Waals surface area contributed by atoms with E-state index in [1.165, 1.54) is 17.4 Å². The van der Waals surface area contributed by atoms with Gasteiger partial charge >= 0.3 is 0 Å². The van der Waals surface area contributed by atoms with Gasteiger partial charge in [-0.05, 0) is 37.3 Å². The van der Waals surface area contributed by atoms with Gasteiger partial charge in [-0.1, -0.05) is 12.1 Å². The molecular weight excluding hydrogens is 354 g/mol. The second-order valence-corrected chi connectivity index (χ2v) is 7.24. The van der Waals surface area contributed by atoms with Crippen molar-refractivity contribution < 1.29 is 14.5 Å². The predicted molar refractivity (Wildman–Crippen MR) is 99.4 cm³/mol. The molecular formula is C18H19N3O4S. The first-order valence-corrected chi connectivity index (χ1v) is 9.22. The molecule has 8 heteroatoms. The maximum Gasteiger partial charge on any atom is 0.274 e. The van der Waals surface area contributed by atoms with Gasteiger partial charge in [-0.2, -0.15) is 0 Å². The van der Waals surface area contributed by atoms with Gasteiger partial charge in [0.1, 0.15) is 0 Å². The van der Waals surface area contributed by atoms with E-state index >= 15 is 0 Å². The Kier molecular flexibility index (Phi) is 5.32. The van der Waals surface area contributed by atoms with Crippen molar-refractivity contribution in [2.24, 2.45) is 5.92 Å². The summed E-state index contributed by atoms with van der Waals surface area (Å²) in [7, 11) is 0. The summed E-state index contributed by atoms with van der Waals surface area (Å²) in [6.07, 6.45) is 1.16. The molecule has 1 aromatic heterocycles. The fraction of sp³-hybridized carbons (Fsp3) is 0.333. The molecule has 2 amide bonds. The summed E-state index contributed by atoms with van der Waals surface area (Å²) >= 11 is 1.41. The number of thiophene rings is 1. The van der Waals surface area contributed by atoms with E-state index in [9.17, 15) is 19.7 Å². The Labute approximate surface area is 154 Å². The largest absolute Gasteiger partial charge is 0.338 e. The summed E-state index contributed by atoms with van der Waals surface area (Å²) in [6, 6.07) is 8.31. The number of amides is 2. The summed E-state index contributed by atoms with van der Waals surface area (Å²) in [4.78, 5) is 37.8. The van der Waals surface area contributed by atoms with Crippen LogP contribution in [0.4, 0.5) is 11.4 Å². The molecule has 0 spiro atoms. The highest BCUT2D eigenvalue weighted by molar-refractivity contribution is 7.12. The standard InChI is InChI=1S/C18H19N3O4S/c1-12-4-5-14(11-15(12)21(24)25)19-17(22)13-6-8-20(9-7-13)18(23)16-3-2-10-26-16/h2-5,10-11,13H,6-9H2,1H3,(H,19,22). The average Bonchev–Trinajstić information content (AvgIpc) is 3.17. The summed E-state index contributed by atoms with van der Waals surface area (Å²) < 4.78 is 0. The quantitative estimate of drug-likeness (QED) is 0.656. The summed E-state index contributed by atoms with van der Waals surface area (Å²) in [6.45, 7) is 2.72. The first-order valence-electron chi connectivity index (χ1n) is 8.34. The highest BCUT2D eigenvalue weighted by Crippen LogP contribution is 2.25. The molecule has 3 rings (SSSR count). The molecule has 0 atom stereocenters. The molecule has 1 aliphatic rings. The van der Waals surface area contributed by atoms with Gasteiger partial charge in [0.25, 0.3) is 11.6 Å². The number of nitro benzene ring substituents is 1. The number of piperidine rings is 1. The lowest BCUT2D eigenvalue weighted by Crippen LogP contribution is -2.41. The van der Waals surface area contributed by atoms with Gasteiger partial charge < -0.3 is 10.2 Å². The zero-order chi connectivity index (χ0) is 18.7. The van der Waals surface area contributed by atoms with Crippen LogP contribution in [0.1, 0.15) is 28.1 Å². The Bertz CT molecular complexity index is 827. The molecule has 1 N–H and O–H groups in total. The topological polar surface area (TPSA) is 92.6 Å². The maximum absolute atomic E-state index is 12.5. The van der Waals surface area contributed by atoms with E-state index < -0.39 is 4.92 Å². The molecule has 7 nitrogen and oxygen atoms in total. The SMILES string of the molecule is Cc1ccc(NC(=O)C2CCN(C(=O)c3cccs3)CC2)cc1[N+](=O)[O-]. The number of carbonyl (C=O) groups is 2. The van der Waals surface area contributed by atoms with Gasteiger partial charge in [0.2, 0.25) is 5.91 Å². The minimum atomic E-state index is -0.459. The zero-order valence-electron chi connectivity index (χ0n) is 14.3. The van der Waals surface area contributed by atoms with Crippen LogP contribution in [0, 0.1) is 23.0 Å². The van der Waals surface area contributed by atoms with Crippen LogP contribution in [0.25, 0.3) is 0 Å². The fourth-order valence-electron chi connectivity index (χ4n) is 3.03. The van der Waals surface area contributed by atoms with E-state index in [-0.39, 0.29) is 23.4 Å². The van der Waals surface area contributed by atoms with Gasteiger partial charge in [0, 0.05) is 36.3 Å². The van der Waals surface area contributed by atoms with E-state index in [4.69, 9.17) is 0 Å². The minimum Gasteiger partial charge on any atom is -0.338 e. The smallest absolute Gasteiger partial charge is 0.274 e. The molecule has 1 aromatic carbocycles. The molecule has 0 unspecified atom stereocenters. The van der Waals surface area contributed by atoms with Crippen molar-refractivity contribution in [3.63, 3.8) is 0 Å². The molecule has 1 saturated heterocycles. The summed E-state index contributed by atoms with van der Waals surface area (Å²) in [5.41, 5.74) is 0.956. The lowest BCUT2D eigenvalue weighted by molar-refractivity contribution is -0.385. The molecule has 0 bridgehead atoms. The Balaban J connectivity index is 1.58. The van der Waals surface area contributed by atoms with Gasteiger partial charge in [-0.25, -0.2) is 0 Å². The van der Waals surface area contributed by atoms with Crippen molar-refractivity contribution in [2.45, 2.75) is 19.8 Å². The van der Waals surface area contributed by atoms with Crippen molar-refractivity contribution >= 4 is 34.5 Å². The van der Waals surface area contributed by atoms with Gasteiger partial charge in [0.15, 0.2) is 0 Å². The van der Waals surface area contributed by atoms with E-state index in [1.807, 2.05) is 11.4 Å². The maximum atomic E-state index is 12.5. The minimum absolute atomic E-state index is 0.00742. The summed E-state index contributed by atoms with van der Waals surface area (Å²) in [5, 5.41) is 15.6. The molecule has 2 heterocycles. The van der Waals surface area contributed by atoms with Crippen LogP contribution in [0.3, 0.4) is 0 Å². The molecule has 0 saturated carbocycles. The first-order chi connectivity index (χ1) is 12.5. The molecule has 26 heavy (non-hydrogen) atoms. The van der Waals surface area contributed by atoms with Crippen molar-refractivity contribution in [3.8, 4) is 0 Å². The number of hydrogen-bond donors (Lipinski definition) is 1. The van der Waals surface area contributed by atoms with Crippen LogP contribution in [0.5, 0.6) is 0 Å². The molecule has 136 valence electrons. The first kappa shape index (κ1) is 18.1. The monoisotopic (exact) mass is 373 g/mol. The zero-order valence-corrected chi connectivity index (χ0v) is 15.1. The number of nitrogens with one attached hydrogen (secondary N) is 1. The number of hydrogen-bond acceptors (Lipinski definition) is 5. The van der Waals surface area contributed by atoms with E-state index in [2.05, 4.69) is 5.32 Å². The number of benzene rings is 1. The van der Waals surface area contributed by atoms with Crippen molar-refractivity contribution in [1.29, 1.82) is 0 Å². The number of carbonyl (C=O) groups excluding carboxylic acids is 2. The Morgan fingerprint density at radius 3 is 2.62 bits per heavy atom. The third-order valence-corrected chi connectivity index (χ3v) is 5.42. The van der Waals surface area contributed by atoms with Crippen LogP contribution in [-0.2, 0) is 4.79 Å². The third kappa shape index (κ3) is 3.91. The van der Waals surface area contributed by atoms with E-state index in [1.54, 1.807) is 30.0 Å². The predicted octanol–water partition coefficient (Wildman–Crippen LogP) is 3.46. The van der Waals surface area contributed by atoms with Crippen LogP contribution >= 0.6 is 11.3 Å². The Morgan fingerprint density at radius 1 is 1.27 bits per heavy atom. The molecule has 0 aliphatic carbocycles. The highest BCUT2D eigenvalue weighted by atomic mass is 32.1. The van der Waals surface area contributed by atoms with Gasteiger partial charge in [0.05, 0.1) is 9.80 Å². The van der Waals surface area contributed by atoms with Crippen molar-refractivity contribution in [2.75, 3.05) is 18.4 Å². The number of nitrogens with zero attached hydrogens (tertiary/aromatic N) is 2. The van der Waals surface area contributed by atoms with Crippen LogP contribution in [-0.4, -0.2) is 34.7 Å². The summed E-state index contributed by atoms with van der Waals surface area (Å²) in [5.74, 6) is -0.359. The fourth-order valence-corrected chi connectivity index (χ4v) is 3.72. The average molecular weight is 373 g/mol. The lowest BCUT2D eigenvalue weighted by Gasteiger charge is -2.31. The number of likely N-dealkylation sites (tertiary alicyclic amines) is 1. The van der Waals surface area contributed by atoms with Crippen LogP contribution in [0.15, 0.2) is 35.7 Å². The van der Waals surface area contributed by atoms with Crippen molar-refractivity contribution in [1.82, 2.24) is 4.90 Å². The second-order valence-electron chi connectivity index (χ2n) is 6.29. The molecule has 0 radical (unpaired) electrons. The Morgan fingerprint density at radius 2 is 2.00 bits per heavy atom.